The molecule has 0 aromatic rings. The molecule has 0 amide bonds. The molecule has 0 aliphatic heterocycles. The molecule has 0 aromatic carbocycles. The highest BCUT2D eigenvalue weighted by Gasteiger charge is 1.93. The van der Waals surface area contributed by atoms with Gasteiger partial charge in [-0.25, -0.2) is 0 Å². The molecule has 1 nitrogen and oxygen atoms in total. The van der Waals surface area contributed by atoms with Gasteiger partial charge in [-0.2, -0.15) is 0 Å². The first-order valence-corrected chi connectivity index (χ1v) is 9.13. The SMILES string of the molecule is CCOCC=C(C)CC/C=C(\C)CC/C=C(\C)CCC=C(C)C. The number of hydrogen-bond acceptors (Lipinski definition) is 1. The molecule has 0 heterocycles. The van der Waals surface area contributed by atoms with Crippen molar-refractivity contribution in [3.8, 4) is 0 Å². The van der Waals surface area contributed by atoms with Crippen molar-refractivity contribution in [1.82, 2.24) is 0 Å². The molecule has 1 heteroatoms. The van der Waals surface area contributed by atoms with Crippen molar-refractivity contribution in [1.29, 1.82) is 0 Å². The average Bonchev–Trinajstić information content (AvgIpc) is 2.47. The summed E-state index contributed by atoms with van der Waals surface area (Å²) in [5.74, 6) is 0. The van der Waals surface area contributed by atoms with Gasteiger partial charge in [-0.05, 0) is 80.1 Å². The van der Waals surface area contributed by atoms with Crippen molar-refractivity contribution < 1.29 is 4.74 Å². The molecule has 0 aliphatic carbocycles. The van der Waals surface area contributed by atoms with Crippen molar-refractivity contribution >= 4 is 0 Å². The average molecular weight is 319 g/mol. The van der Waals surface area contributed by atoms with Gasteiger partial charge in [0.15, 0.2) is 0 Å². The highest BCUT2D eigenvalue weighted by atomic mass is 16.5. The Morgan fingerprint density at radius 2 is 1.09 bits per heavy atom. The van der Waals surface area contributed by atoms with Gasteiger partial charge in [0.2, 0.25) is 0 Å². The third-order valence-corrected chi connectivity index (χ3v) is 3.91. The minimum Gasteiger partial charge on any atom is -0.378 e. The summed E-state index contributed by atoms with van der Waals surface area (Å²) in [4.78, 5) is 0. The first-order chi connectivity index (χ1) is 11.0. The number of hydrogen-bond donors (Lipinski definition) is 0. The van der Waals surface area contributed by atoms with E-state index in [4.69, 9.17) is 4.74 Å². The minimum absolute atomic E-state index is 0.752. The van der Waals surface area contributed by atoms with Crippen LogP contribution in [0.2, 0.25) is 0 Å². The van der Waals surface area contributed by atoms with Gasteiger partial charge in [-0.1, -0.05) is 46.6 Å². The molecule has 132 valence electrons. The quantitative estimate of drug-likeness (QED) is 0.274. The first-order valence-electron chi connectivity index (χ1n) is 9.13. The summed E-state index contributed by atoms with van der Waals surface area (Å²) >= 11 is 0. The lowest BCUT2D eigenvalue weighted by molar-refractivity contribution is 0.177. The molecular weight excluding hydrogens is 280 g/mol. The van der Waals surface area contributed by atoms with Gasteiger partial charge < -0.3 is 4.74 Å². The van der Waals surface area contributed by atoms with E-state index in [9.17, 15) is 0 Å². The Morgan fingerprint density at radius 3 is 1.52 bits per heavy atom. The molecule has 0 fully saturated rings. The van der Waals surface area contributed by atoms with E-state index in [0.29, 0.717) is 0 Å². The maximum atomic E-state index is 5.35. The van der Waals surface area contributed by atoms with Gasteiger partial charge in [-0.3, -0.25) is 0 Å². The molecule has 0 unspecified atom stereocenters. The van der Waals surface area contributed by atoms with E-state index >= 15 is 0 Å². The molecule has 0 aliphatic rings. The van der Waals surface area contributed by atoms with Crippen LogP contribution < -0.4 is 0 Å². The van der Waals surface area contributed by atoms with E-state index in [1.807, 2.05) is 6.92 Å². The van der Waals surface area contributed by atoms with E-state index in [0.717, 1.165) is 26.1 Å². The highest BCUT2D eigenvalue weighted by molar-refractivity contribution is 5.07. The van der Waals surface area contributed by atoms with Crippen LogP contribution in [0.3, 0.4) is 0 Å². The summed E-state index contributed by atoms with van der Waals surface area (Å²) in [7, 11) is 0. The van der Waals surface area contributed by atoms with Gasteiger partial charge in [0.25, 0.3) is 0 Å². The van der Waals surface area contributed by atoms with Crippen LogP contribution in [0.4, 0.5) is 0 Å². The Bertz CT molecular complexity index is 417. The molecule has 0 rings (SSSR count). The number of ether oxygens (including phenoxy) is 1. The minimum atomic E-state index is 0.752. The lowest BCUT2D eigenvalue weighted by atomic mass is 10.0. The van der Waals surface area contributed by atoms with Crippen LogP contribution in [-0.2, 0) is 4.74 Å². The lowest BCUT2D eigenvalue weighted by Gasteiger charge is -2.03. The standard InChI is InChI=1S/C22H38O/c1-7-23-18-17-22(6)16-10-15-21(5)14-9-13-20(4)12-8-11-19(2)3/h11,13,15,17H,7-10,12,14,16,18H2,1-6H3/b20-13+,21-15+,22-17?. The summed E-state index contributed by atoms with van der Waals surface area (Å²) < 4.78 is 5.35. The van der Waals surface area contributed by atoms with Gasteiger partial charge in [-0.15, -0.1) is 0 Å². The fourth-order valence-electron chi connectivity index (χ4n) is 2.31. The fraction of sp³-hybridized carbons (Fsp3) is 0.636. The summed E-state index contributed by atoms with van der Waals surface area (Å²) in [6, 6.07) is 0. The lowest BCUT2D eigenvalue weighted by Crippen LogP contribution is -1.90. The predicted octanol–water partition coefficient (Wildman–Crippen LogP) is 7.17. The molecular formula is C22H38O. The van der Waals surface area contributed by atoms with Crippen LogP contribution in [0.1, 0.15) is 80.1 Å². The largest absolute Gasteiger partial charge is 0.378 e. The summed E-state index contributed by atoms with van der Waals surface area (Å²) in [6.07, 6.45) is 16.3. The van der Waals surface area contributed by atoms with Crippen molar-refractivity contribution in [3.05, 3.63) is 46.6 Å². The van der Waals surface area contributed by atoms with Gasteiger partial charge in [0, 0.05) is 6.61 Å². The van der Waals surface area contributed by atoms with E-state index in [1.165, 1.54) is 48.0 Å². The van der Waals surface area contributed by atoms with Crippen molar-refractivity contribution in [2.75, 3.05) is 13.2 Å². The second-order valence-electron chi connectivity index (χ2n) is 6.71. The molecule has 0 spiro atoms. The van der Waals surface area contributed by atoms with Gasteiger partial charge in [0.05, 0.1) is 6.61 Å². The zero-order valence-corrected chi connectivity index (χ0v) is 16.4. The van der Waals surface area contributed by atoms with E-state index in [-0.39, 0.29) is 0 Å². The van der Waals surface area contributed by atoms with Gasteiger partial charge in [0.1, 0.15) is 0 Å². The van der Waals surface area contributed by atoms with Crippen LogP contribution in [0.5, 0.6) is 0 Å². The fourth-order valence-corrected chi connectivity index (χ4v) is 2.31. The smallest absolute Gasteiger partial charge is 0.0649 e. The molecule has 0 bridgehead atoms. The Hall–Kier alpha value is -1.08. The predicted molar refractivity (Wildman–Crippen MR) is 105 cm³/mol. The maximum Gasteiger partial charge on any atom is 0.0649 e. The Labute approximate surface area is 145 Å². The first kappa shape index (κ1) is 21.9. The molecule has 0 aromatic heterocycles. The second kappa shape index (κ2) is 14.5. The van der Waals surface area contributed by atoms with Crippen molar-refractivity contribution in [3.63, 3.8) is 0 Å². The normalized spacial score (nSPS) is 13.4. The van der Waals surface area contributed by atoms with Crippen LogP contribution in [-0.4, -0.2) is 13.2 Å². The van der Waals surface area contributed by atoms with Crippen LogP contribution >= 0.6 is 0 Å². The van der Waals surface area contributed by atoms with Crippen LogP contribution in [0.25, 0.3) is 0 Å². The second-order valence-corrected chi connectivity index (χ2v) is 6.71. The Morgan fingerprint density at radius 1 is 0.652 bits per heavy atom. The van der Waals surface area contributed by atoms with E-state index in [1.54, 1.807) is 0 Å². The van der Waals surface area contributed by atoms with Crippen LogP contribution in [0, 0.1) is 0 Å². The topological polar surface area (TPSA) is 9.23 Å². The van der Waals surface area contributed by atoms with Gasteiger partial charge >= 0.3 is 0 Å². The van der Waals surface area contributed by atoms with E-state index in [2.05, 4.69) is 58.9 Å². The van der Waals surface area contributed by atoms with Crippen molar-refractivity contribution in [2.45, 2.75) is 80.1 Å². The maximum absolute atomic E-state index is 5.35. The molecule has 0 atom stereocenters. The summed E-state index contributed by atoms with van der Waals surface area (Å²) in [6.45, 7) is 14.6. The highest BCUT2D eigenvalue weighted by Crippen LogP contribution is 2.13. The van der Waals surface area contributed by atoms with E-state index < -0.39 is 0 Å². The molecule has 23 heavy (non-hydrogen) atoms. The zero-order chi connectivity index (χ0) is 17.5. The Balaban J connectivity index is 3.93. The summed E-state index contributed by atoms with van der Waals surface area (Å²) in [5, 5.41) is 0. The number of allylic oxidation sites excluding steroid dienone is 7. The third kappa shape index (κ3) is 15.6. The molecule has 0 radical (unpaired) electrons. The zero-order valence-electron chi connectivity index (χ0n) is 16.4. The molecule has 0 saturated heterocycles. The Kier molecular flexibility index (Phi) is 13.8. The monoisotopic (exact) mass is 318 g/mol. The van der Waals surface area contributed by atoms with Crippen molar-refractivity contribution in [2.24, 2.45) is 0 Å². The molecule has 0 saturated carbocycles. The molecule has 0 N–H and O–H groups in total. The third-order valence-electron chi connectivity index (χ3n) is 3.91. The van der Waals surface area contributed by atoms with Crippen LogP contribution in [0.15, 0.2) is 46.6 Å². The summed E-state index contributed by atoms with van der Waals surface area (Å²) in [5.41, 5.74) is 5.88. The number of rotatable bonds is 12.